The Bertz CT molecular complexity index is 963. The Hall–Kier alpha value is -3.43. The number of carbonyl (C=O) groups excluding carboxylic acids is 1. The summed E-state index contributed by atoms with van der Waals surface area (Å²) in [7, 11) is 0. The van der Waals surface area contributed by atoms with Crippen molar-refractivity contribution >= 4 is 23.2 Å². The average molecular weight is 427 g/mol. The van der Waals surface area contributed by atoms with Crippen LogP contribution in [0.5, 0.6) is 5.75 Å². The van der Waals surface area contributed by atoms with Gasteiger partial charge < -0.3 is 15.8 Å². The van der Waals surface area contributed by atoms with Crippen molar-refractivity contribution < 1.29 is 31.5 Å². The molecule has 30 heavy (non-hydrogen) atoms. The van der Waals surface area contributed by atoms with Gasteiger partial charge in [-0.2, -0.15) is 13.2 Å². The summed E-state index contributed by atoms with van der Waals surface area (Å²) in [6, 6.07) is 9.60. The van der Waals surface area contributed by atoms with E-state index in [4.69, 9.17) is 5.73 Å². The second-order valence-corrected chi connectivity index (χ2v) is 6.26. The fourth-order valence-corrected chi connectivity index (χ4v) is 2.37. The van der Waals surface area contributed by atoms with Crippen LogP contribution < -0.4 is 15.8 Å². The third-order valence-electron chi connectivity index (χ3n) is 3.74. The fraction of sp³-hybridized carbons (Fsp3) is 0.200. The van der Waals surface area contributed by atoms with Gasteiger partial charge in [0.05, 0.1) is 5.69 Å². The molecule has 0 aliphatic heterocycles. The molecule has 2 aromatic carbocycles. The molecule has 0 atom stereocenters. The zero-order valence-electron chi connectivity index (χ0n) is 15.9. The molecular weight excluding hydrogens is 409 g/mol. The molecule has 2 rings (SSSR count). The van der Waals surface area contributed by atoms with Crippen molar-refractivity contribution in [3.8, 4) is 5.75 Å². The van der Waals surface area contributed by atoms with Gasteiger partial charge in [0.15, 0.2) is 0 Å². The molecular formula is C20H18F5N3O2. The lowest BCUT2D eigenvalue weighted by Crippen LogP contribution is -2.22. The van der Waals surface area contributed by atoms with E-state index in [2.05, 4.69) is 15.0 Å². The Labute approximate surface area is 169 Å². The zero-order chi connectivity index (χ0) is 22.5. The van der Waals surface area contributed by atoms with Crippen molar-refractivity contribution in [2.75, 3.05) is 5.32 Å². The molecule has 3 N–H and O–H groups in total. The lowest BCUT2D eigenvalue weighted by molar-refractivity contribution is -0.112. The van der Waals surface area contributed by atoms with Crippen molar-refractivity contribution in [1.82, 2.24) is 0 Å². The lowest BCUT2D eigenvalue weighted by atomic mass is 10.1. The van der Waals surface area contributed by atoms with E-state index in [0.29, 0.717) is 6.92 Å². The maximum Gasteiger partial charge on any atom is 0.387 e. The van der Waals surface area contributed by atoms with E-state index in [9.17, 15) is 26.7 Å². The third-order valence-corrected chi connectivity index (χ3v) is 3.74. The second-order valence-electron chi connectivity index (χ2n) is 6.26. The van der Waals surface area contributed by atoms with E-state index >= 15 is 0 Å². The van der Waals surface area contributed by atoms with Crippen LogP contribution in [0.2, 0.25) is 0 Å². The molecule has 0 aromatic heterocycles. The number of nitrogens with one attached hydrogen (secondary N) is 1. The molecule has 0 saturated carbocycles. The van der Waals surface area contributed by atoms with Gasteiger partial charge in [-0.1, -0.05) is 12.1 Å². The summed E-state index contributed by atoms with van der Waals surface area (Å²) >= 11 is 0. The van der Waals surface area contributed by atoms with Gasteiger partial charge in [0.1, 0.15) is 11.3 Å². The first kappa shape index (κ1) is 22.9. The summed E-state index contributed by atoms with van der Waals surface area (Å²) in [5.41, 5.74) is 4.48. The molecule has 0 unspecified atom stereocenters. The Kier molecular flexibility index (Phi) is 7.14. The van der Waals surface area contributed by atoms with Gasteiger partial charge in [-0.3, -0.25) is 4.79 Å². The van der Waals surface area contributed by atoms with Crippen LogP contribution in [0.3, 0.4) is 0 Å². The topological polar surface area (TPSA) is 76.7 Å². The highest BCUT2D eigenvalue weighted by molar-refractivity contribution is 6.23. The first-order valence-electron chi connectivity index (χ1n) is 8.53. The predicted molar refractivity (Wildman–Crippen MR) is 103 cm³/mol. The largest absolute Gasteiger partial charge is 0.435 e. The van der Waals surface area contributed by atoms with Crippen molar-refractivity contribution in [1.29, 1.82) is 0 Å². The number of amides is 1. The van der Waals surface area contributed by atoms with Gasteiger partial charge in [0, 0.05) is 23.9 Å². The number of nitrogens with two attached hydrogens (primary N) is 1. The number of rotatable bonds is 7. The third kappa shape index (κ3) is 6.29. The lowest BCUT2D eigenvalue weighted by Gasteiger charge is -2.13. The number of nitrogens with zero attached hydrogens (tertiary/aromatic N) is 1. The SMILES string of the molecule is C/C(N)=C(\C(=O)Nc1cccc(C(C)(F)F)c1)C(F)=Nc1ccc(OC(F)F)cc1. The zero-order valence-corrected chi connectivity index (χ0v) is 15.9. The van der Waals surface area contributed by atoms with Crippen LogP contribution in [0.25, 0.3) is 0 Å². The number of hydrogen-bond donors (Lipinski definition) is 2. The van der Waals surface area contributed by atoms with Crippen LogP contribution in [0, 0.1) is 0 Å². The van der Waals surface area contributed by atoms with Gasteiger partial charge in [0.25, 0.3) is 11.8 Å². The van der Waals surface area contributed by atoms with Crippen LogP contribution in [0.4, 0.5) is 33.3 Å². The number of alkyl halides is 4. The molecule has 1 amide bonds. The number of carbonyl (C=O) groups is 1. The van der Waals surface area contributed by atoms with E-state index in [1.54, 1.807) is 0 Å². The normalized spacial score (nSPS) is 13.1. The maximum atomic E-state index is 14.6. The van der Waals surface area contributed by atoms with Gasteiger partial charge in [0.2, 0.25) is 5.97 Å². The highest BCUT2D eigenvalue weighted by Gasteiger charge is 2.25. The number of allylic oxidation sites excluding steroid dienone is 1. The summed E-state index contributed by atoms with van der Waals surface area (Å²) in [6.07, 6.45) is 0. The van der Waals surface area contributed by atoms with Crippen LogP contribution >= 0.6 is 0 Å². The monoisotopic (exact) mass is 427 g/mol. The number of ether oxygens (including phenoxy) is 1. The number of benzene rings is 2. The van der Waals surface area contributed by atoms with E-state index in [-0.39, 0.29) is 28.4 Å². The Balaban J connectivity index is 2.24. The predicted octanol–water partition coefficient (Wildman–Crippen LogP) is 5.27. The fourth-order valence-electron chi connectivity index (χ4n) is 2.37. The molecule has 0 aliphatic carbocycles. The first-order chi connectivity index (χ1) is 14.0. The Morgan fingerprint density at radius 2 is 1.80 bits per heavy atom. The smallest absolute Gasteiger partial charge is 0.387 e. The van der Waals surface area contributed by atoms with Gasteiger partial charge in [-0.05, 0) is 43.3 Å². The van der Waals surface area contributed by atoms with Crippen molar-refractivity contribution in [2.24, 2.45) is 10.7 Å². The highest BCUT2D eigenvalue weighted by atomic mass is 19.3. The van der Waals surface area contributed by atoms with E-state index in [1.165, 1.54) is 37.3 Å². The minimum Gasteiger partial charge on any atom is -0.435 e. The molecule has 0 bridgehead atoms. The summed E-state index contributed by atoms with van der Waals surface area (Å²) in [4.78, 5) is 16.1. The summed E-state index contributed by atoms with van der Waals surface area (Å²) in [5.74, 6) is -5.52. The number of anilines is 1. The van der Waals surface area contributed by atoms with Crippen LogP contribution in [0.15, 0.2) is 64.8 Å². The van der Waals surface area contributed by atoms with Gasteiger partial charge >= 0.3 is 6.61 Å². The van der Waals surface area contributed by atoms with Crippen molar-refractivity contribution in [2.45, 2.75) is 26.4 Å². The van der Waals surface area contributed by atoms with Gasteiger partial charge in [-0.25, -0.2) is 13.8 Å². The van der Waals surface area contributed by atoms with Crippen LogP contribution in [0.1, 0.15) is 19.4 Å². The molecule has 0 fully saturated rings. The number of hydrogen-bond acceptors (Lipinski definition) is 4. The number of aliphatic imine (C=N–C) groups is 1. The minimum atomic E-state index is -3.13. The molecule has 2 aromatic rings. The standard InChI is InChI=1S/C20H18F5N3O2/c1-11(26)16(17(21)27-13-6-8-15(9-7-13)30-19(22)23)18(29)28-14-5-3-4-12(10-14)20(2,24)25/h3-10,19H,26H2,1-2H3,(H,28,29)/b16-11+,27-17?. The Morgan fingerprint density at radius 3 is 2.33 bits per heavy atom. The quantitative estimate of drug-likeness (QED) is 0.359. The van der Waals surface area contributed by atoms with Crippen LogP contribution in [-0.4, -0.2) is 18.5 Å². The van der Waals surface area contributed by atoms with Crippen molar-refractivity contribution in [3.05, 3.63) is 65.4 Å². The first-order valence-corrected chi connectivity index (χ1v) is 8.53. The van der Waals surface area contributed by atoms with Crippen LogP contribution in [-0.2, 0) is 10.7 Å². The molecule has 0 radical (unpaired) electrons. The minimum absolute atomic E-state index is 0.00767. The van der Waals surface area contributed by atoms with Gasteiger partial charge in [-0.15, -0.1) is 0 Å². The summed E-state index contributed by atoms with van der Waals surface area (Å²) in [5, 5.41) is 2.30. The highest BCUT2D eigenvalue weighted by Crippen LogP contribution is 2.29. The maximum absolute atomic E-state index is 14.6. The van der Waals surface area contributed by atoms with Crippen molar-refractivity contribution in [3.63, 3.8) is 0 Å². The average Bonchev–Trinajstić information content (AvgIpc) is 2.62. The van der Waals surface area contributed by atoms with E-state index < -0.39 is 30.0 Å². The second kappa shape index (κ2) is 9.38. The molecule has 0 spiro atoms. The molecule has 0 aliphatic rings. The molecule has 5 nitrogen and oxygen atoms in total. The molecule has 10 heteroatoms. The number of halogens is 5. The molecule has 0 heterocycles. The van der Waals surface area contributed by atoms with E-state index in [0.717, 1.165) is 18.2 Å². The molecule has 160 valence electrons. The summed E-state index contributed by atoms with van der Waals surface area (Å²) < 4.78 is 70.0. The summed E-state index contributed by atoms with van der Waals surface area (Å²) in [6.45, 7) is -1.05. The Morgan fingerprint density at radius 1 is 1.17 bits per heavy atom. The molecule has 0 saturated heterocycles. The van der Waals surface area contributed by atoms with E-state index in [1.807, 2.05) is 0 Å².